The number of nitrogens with one attached hydrogen (secondary N) is 1. The number of alkyl halides is 2. The zero-order valence-electron chi connectivity index (χ0n) is 11.5. The second kappa shape index (κ2) is 5.64. The highest BCUT2D eigenvalue weighted by atomic mass is 19.3. The Bertz CT molecular complexity index is 795. The molecule has 8 heteroatoms. The minimum atomic E-state index is -3.04. The van der Waals surface area contributed by atoms with E-state index >= 15 is 0 Å². The predicted octanol–water partition coefficient (Wildman–Crippen LogP) is 2.47. The number of para-hydroxylation sites is 1. The Hall–Kier alpha value is -3.03. The monoisotopic (exact) mass is 320 g/mol. The highest BCUT2D eigenvalue weighted by molar-refractivity contribution is 6.05. The van der Waals surface area contributed by atoms with Crippen LogP contribution >= 0.6 is 0 Å². The summed E-state index contributed by atoms with van der Waals surface area (Å²) in [5.74, 6) is -2.59. The number of nitrogens with zero attached hydrogens (tertiary/aromatic N) is 1. The largest absolute Gasteiger partial charge is 0.478 e. The molecular formula is C15H10F2N2O4. The van der Waals surface area contributed by atoms with E-state index in [2.05, 4.69) is 15.0 Å². The molecule has 1 atom stereocenters. The summed E-state index contributed by atoms with van der Waals surface area (Å²) in [7, 11) is 0. The number of fused-ring (bicyclic) bond motifs is 1. The van der Waals surface area contributed by atoms with Crippen LogP contribution in [0.1, 0.15) is 27.4 Å². The molecule has 1 aliphatic heterocycles. The third-order valence-corrected chi connectivity index (χ3v) is 3.42. The summed E-state index contributed by atoms with van der Waals surface area (Å²) in [5.41, 5.74) is 0.422. The number of hydrogen-bond acceptors (Lipinski definition) is 4. The van der Waals surface area contributed by atoms with Crippen molar-refractivity contribution < 1.29 is 28.2 Å². The number of anilines is 1. The highest BCUT2D eigenvalue weighted by Gasteiger charge is 2.35. The van der Waals surface area contributed by atoms with Crippen molar-refractivity contribution in [1.82, 2.24) is 4.98 Å². The van der Waals surface area contributed by atoms with Crippen LogP contribution in [0.2, 0.25) is 0 Å². The van der Waals surface area contributed by atoms with E-state index in [-0.39, 0.29) is 22.7 Å². The quantitative estimate of drug-likeness (QED) is 0.903. The van der Waals surface area contributed by atoms with Gasteiger partial charge in [0.1, 0.15) is 11.6 Å². The summed E-state index contributed by atoms with van der Waals surface area (Å²) in [6, 6.07) is 7.17. The number of pyridine rings is 1. The van der Waals surface area contributed by atoms with Gasteiger partial charge in [0.15, 0.2) is 0 Å². The van der Waals surface area contributed by atoms with E-state index in [0.29, 0.717) is 5.56 Å². The van der Waals surface area contributed by atoms with Gasteiger partial charge in [-0.2, -0.15) is 8.78 Å². The number of ether oxygens (including phenoxy) is 1. The molecule has 0 bridgehead atoms. The number of carboxylic acids is 1. The van der Waals surface area contributed by atoms with Gasteiger partial charge in [0.25, 0.3) is 0 Å². The maximum atomic E-state index is 12.5. The third kappa shape index (κ3) is 2.70. The van der Waals surface area contributed by atoms with Crippen molar-refractivity contribution in [3.8, 4) is 5.75 Å². The number of aromatic carboxylic acids is 1. The fourth-order valence-electron chi connectivity index (χ4n) is 2.48. The number of aromatic nitrogens is 1. The molecule has 1 aliphatic rings. The first-order chi connectivity index (χ1) is 11.0. The first kappa shape index (κ1) is 14.9. The molecule has 3 rings (SSSR count). The lowest BCUT2D eigenvalue weighted by atomic mass is 9.92. The topological polar surface area (TPSA) is 88.5 Å². The first-order valence-electron chi connectivity index (χ1n) is 6.55. The Morgan fingerprint density at radius 1 is 1.30 bits per heavy atom. The lowest BCUT2D eigenvalue weighted by Gasteiger charge is -2.15. The molecule has 118 valence electrons. The molecule has 0 saturated carbocycles. The molecule has 0 saturated heterocycles. The van der Waals surface area contributed by atoms with Crippen LogP contribution in [0, 0.1) is 0 Å². The first-order valence-corrected chi connectivity index (χ1v) is 6.55. The Balaban J connectivity index is 2.10. The molecule has 1 aromatic carbocycles. The Labute approximate surface area is 128 Å². The molecular weight excluding hydrogens is 310 g/mol. The lowest BCUT2D eigenvalue weighted by molar-refractivity contribution is -0.116. The van der Waals surface area contributed by atoms with Gasteiger partial charge in [-0.25, -0.2) is 9.78 Å². The number of halogens is 2. The SMILES string of the molecule is O=C(O)c1cnc2c(c1)C(c1ccccc1OC(F)F)C(=O)N2. The van der Waals surface area contributed by atoms with Crippen molar-refractivity contribution >= 4 is 17.7 Å². The van der Waals surface area contributed by atoms with Gasteiger partial charge < -0.3 is 15.2 Å². The van der Waals surface area contributed by atoms with E-state index in [9.17, 15) is 18.4 Å². The number of rotatable bonds is 4. The van der Waals surface area contributed by atoms with Crippen LogP contribution in [0.25, 0.3) is 0 Å². The number of carbonyl (C=O) groups is 2. The molecule has 0 radical (unpaired) electrons. The van der Waals surface area contributed by atoms with Crippen LogP contribution in [-0.4, -0.2) is 28.6 Å². The van der Waals surface area contributed by atoms with Gasteiger partial charge in [0, 0.05) is 17.3 Å². The summed E-state index contributed by atoms with van der Waals surface area (Å²) >= 11 is 0. The molecule has 23 heavy (non-hydrogen) atoms. The fourth-order valence-corrected chi connectivity index (χ4v) is 2.48. The molecule has 0 spiro atoms. The second-order valence-corrected chi connectivity index (χ2v) is 4.81. The number of amides is 1. The lowest BCUT2D eigenvalue weighted by Crippen LogP contribution is -2.15. The fraction of sp³-hybridized carbons (Fsp3) is 0.133. The van der Waals surface area contributed by atoms with Gasteiger partial charge in [-0.3, -0.25) is 4.79 Å². The van der Waals surface area contributed by atoms with Crippen molar-refractivity contribution in [2.24, 2.45) is 0 Å². The van der Waals surface area contributed by atoms with Crippen LogP contribution < -0.4 is 10.1 Å². The summed E-state index contributed by atoms with van der Waals surface area (Å²) < 4.78 is 29.5. The Morgan fingerprint density at radius 2 is 2.04 bits per heavy atom. The summed E-state index contributed by atoms with van der Waals surface area (Å²) in [5, 5.41) is 11.5. The summed E-state index contributed by atoms with van der Waals surface area (Å²) in [6.07, 6.45) is 1.12. The number of benzene rings is 1. The highest BCUT2D eigenvalue weighted by Crippen LogP contribution is 2.40. The van der Waals surface area contributed by atoms with Crippen LogP contribution in [-0.2, 0) is 4.79 Å². The third-order valence-electron chi connectivity index (χ3n) is 3.42. The van der Waals surface area contributed by atoms with Crippen molar-refractivity contribution in [2.45, 2.75) is 12.5 Å². The average molecular weight is 320 g/mol. The molecule has 2 N–H and O–H groups in total. The molecule has 1 aromatic heterocycles. The molecule has 1 unspecified atom stereocenters. The maximum absolute atomic E-state index is 12.5. The normalized spacial score (nSPS) is 16.1. The molecule has 2 aromatic rings. The predicted molar refractivity (Wildman–Crippen MR) is 74.7 cm³/mol. The zero-order valence-corrected chi connectivity index (χ0v) is 11.5. The summed E-state index contributed by atoms with van der Waals surface area (Å²) in [6.45, 7) is -3.04. The van der Waals surface area contributed by atoms with Gasteiger partial charge >= 0.3 is 12.6 Å². The van der Waals surface area contributed by atoms with Crippen LogP contribution in [0.3, 0.4) is 0 Å². The summed E-state index contributed by atoms with van der Waals surface area (Å²) in [4.78, 5) is 27.2. The molecule has 6 nitrogen and oxygen atoms in total. The van der Waals surface area contributed by atoms with E-state index < -0.39 is 24.4 Å². The molecule has 0 fully saturated rings. The maximum Gasteiger partial charge on any atom is 0.387 e. The molecule has 0 aliphatic carbocycles. The van der Waals surface area contributed by atoms with Gasteiger partial charge in [-0.15, -0.1) is 0 Å². The van der Waals surface area contributed by atoms with E-state index in [1.165, 1.54) is 24.3 Å². The second-order valence-electron chi connectivity index (χ2n) is 4.81. The van der Waals surface area contributed by atoms with E-state index in [1.807, 2.05) is 0 Å². The van der Waals surface area contributed by atoms with E-state index in [0.717, 1.165) is 6.20 Å². The Morgan fingerprint density at radius 3 is 2.74 bits per heavy atom. The number of carbonyl (C=O) groups excluding carboxylic acids is 1. The smallest absolute Gasteiger partial charge is 0.387 e. The number of hydrogen-bond donors (Lipinski definition) is 2. The average Bonchev–Trinajstić information content (AvgIpc) is 2.82. The van der Waals surface area contributed by atoms with Crippen molar-refractivity contribution in [3.63, 3.8) is 0 Å². The van der Waals surface area contributed by atoms with Crippen LogP contribution in [0.4, 0.5) is 14.6 Å². The molecule has 2 heterocycles. The van der Waals surface area contributed by atoms with Crippen LogP contribution in [0.15, 0.2) is 36.5 Å². The Kier molecular flexibility index (Phi) is 3.65. The standard InChI is InChI=1S/C15H10F2N2O4/c16-15(17)23-10-4-2-1-3-8(10)11-9-5-7(14(21)22)6-18-12(9)19-13(11)20/h1-6,11,15H,(H,21,22)(H,18,19,20). The van der Waals surface area contributed by atoms with E-state index in [1.54, 1.807) is 6.07 Å². The zero-order chi connectivity index (χ0) is 16.6. The van der Waals surface area contributed by atoms with Gasteiger partial charge in [0.05, 0.1) is 11.5 Å². The van der Waals surface area contributed by atoms with Crippen molar-refractivity contribution in [1.29, 1.82) is 0 Å². The van der Waals surface area contributed by atoms with Crippen LogP contribution in [0.5, 0.6) is 5.75 Å². The number of carboxylic acid groups (broad SMARTS) is 1. The van der Waals surface area contributed by atoms with Crippen molar-refractivity contribution in [2.75, 3.05) is 5.32 Å². The van der Waals surface area contributed by atoms with Crippen molar-refractivity contribution in [3.05, 3.63) is 53.2 Å². The minimum Gasteiger partial charge on any atom is -0.478 e. The van der Waals surface area contributed by atoms with Gasteiger partial charge in [-0.1, -0.05) is 18.2 Å². The minimum absolute atomic E-state index is 0.0995. The van der Waals surface area contributed by atoms with Gasteiger partial charge in [-0.05, 0) is 12.1 Å². The molecule has 1 amide bonds. The van der Waals surface area contributed by atoms with Gasteiger partial charge in [0.2, 0.25) is 5.91 Å². The van der Waals surface area contributed by atoms with E-state index in [4.69, 9.17) is 5.11 Å².